The number of hydrogen-bond donors (Lipinski definition) is 0. The van der Waals surface area contributed by atoms with E-state index >= 15 is 0 Å². The van der Waals surface area contributed by atoms with Gasteiger partial charge in [-0.15, -0.1) is 0 Å². The van der Waals surface area contributed by atoms with Gasteiger partial charge in [-0.2, -0.15) is 0 Å². The van der Waals surface area contributed by atoms with E-state index in [1.807, 2.05) is 0 Å². The second kappa shape index (κ2) is 12.0. The minimum Gasteiger partial charge on any atom is -0.248 e. The summed E-state index contributed by atoms with van der Waals surface area (Å²) in [5, 5.41) is 5.11. The van der Waals surface area contributed by atoms with Gasteiger partial charge in [0, 0.05) is 10.8 Å². The van der Waals surface area contributed by atoms with E-state index in [9.17, 15) is 0 Å². The lowest BCUT2D eigenvalue weighted by atomic mass is 10.0. The zero-order chi connectivity index (χ0) is 22.0. The summed E-state index contributed by atoms with van der Waals surface area (Å²) >= 11 is 0. The summed E-state index contributed by atoms with van der Waals surface area (Å²) in [6, 6.07) is 22.1. The van der Waals surface area contributed by atoms with Crippen molar-refractivity contribution in [3.8, 4) is 0 Å². The number of nitrogens with zero attached hydrogens (tertiary/aromatic N) is 1. The Morgan fingerprint density at radius 3 is 1.94 bits per heavy atom. The van der Waals surface area contributed by atoms with Crippen LogP contribution in [0, 0.1) is 0 Å². The van der Waals surface area contributed by atoms with Crippen LogP contribution in [0.15, 0.2) is 60.7 Å². The predicted octanol–water partition coefficient (Wildman–Crippen LogP) is 9.78. The highest BCUT2D eigenvalue weighted by Gasteiger charge is 2.05. The molecule has 0 aliphatic carbocycles. The van der Waals surface area contributed by atoms with Crippen molar-refractivity contribution in [1.29, 1.82) is 0 Å². The molecule has 0 unspecified atom stereocenters. The molecular weight excluding hydrogens is 386 g/mol. The van der Waals surface area contributed by atoms with Gasteiger partial charge in [0.05, 0.1) is 11.0 Å². The topological polar surface area (TPSA) is 12.9 Å². The molecule has 4 rings (SSSR count). The molecule has 0 aliphatic rings. The summed E-state index contributed by atoms with van der Waals surface area (Å²) in [4.78, 5) is 4.93. The summed E-state index contributed by atoms with van der Waals surface area (Å²) in [6.45, 7) is 2.29. The van der Waals surface area contributed by atoms with E-state index in [1.54, 1.807) is 0 Å². The first kappa shape index (κ1) is 22.8. The predicted molar refractivity (Wildman–Crippen MR) is 142 cm³/mol. The second-order valence-corrected chi connectivity index (χ2v) is 9.51. The lowest BCUT2D eigenvalue weighted by Crippen LogP contribution is -1.89. The minimum absolute atomic E-state index is 1.09. The lowest BCUT2D eigenvalue weighted by molar-refractivity contribution is 0.544. The number of rotatable bonds is 13. The average molecular weight is 426 g/mol. The number of unbranched alkanes of at least 4 members (excludes halogenated alkanes) is 11. The summed E-state index contributed by atoms with van der Waals surface area (Å²) in [6.07, 6.45) is 18.0. The maximum atomic E-state index is 4.93. The molecule has 168 valence electrons. The monoisotopic (exact) mass is 425 g/mol. The summed E-state index contributed by atoms with van der Waals surface area (Å²) in [5.41, 5.74) is 3.64. The zero-order valence-electron chi connectivity index (χ0n) is 19.9. The average Bonchev–Trinajstić information content (AvgIpc) is 2.83. The summed E-state index contributed by atoms with van der Waals surface area (Å²) in [5.74, 6) is 0. The van der Waals surface area contributed by atoms with Crippen molar-refractivity contribution in [2.75, 3.05) is 0 Å². The molecule has 0 saturated carbocycles. The van der Waals surface area contributed by atoms with Gasteiger partial charge in [0.25, 0.3) is 0 Å². The molecule has 0 saturated heterocycles. The molecule has 0 N–H and O–H groups in total. The summed E-state index contributed by atoms with van der Waals surface area (Å²) < 4.78 is 0. The van der Waals surface area contributed by atoms with Gasteiger partial charge in [0.1, 0.15) is 0 Å². The number of pyridine rings is 1. The van der Waals surface area contributed by atoms with Crippen molar-refractivity contribution < 1.29 is 0 Å². The van der Waals surface area contributed by atoms with E-state index in [4.69, 9.17) is 4.98 Å². The van der Waals surface area contributed by atoms with Crippen LogP contribution >= 0.6 is 0 Å². The number of aryl methyl sites for hydroxylation is 1. The van der Waals surface area contributed by atoms with Crippen LogP contribution in [0.5, 0.6) is 0 Å². The maximum absolute atomic E-state index is 4.93. The molecule has 0 radical (unpaired) electrons. The summed E-state index contributed by atoms with van der Waals surface area (Å²) in [7, 11) is 0. The molecule has 32 heavy (non-hydrogen) atoms. The Balaban J connectivity index is 1.24. The molecule has 0 bridgehead atoms. The van der Waals surface area contributed by atoms with Crippen molar-refractivity contribution in [3.63, 3.8) is 0 Å². The Labute approximate surface area is 194 Å². The van der Waals surface area contributed by atoms with Gasteiger partial charge in [-0.25, -0.2) is 4.98 Å². The first-order valence-electron chi connectivity index (χ1n) is 13.1. The molecule has 0 amide bonds. The van der Waals surface area contributed by atoms with E-state index in [-0.39, 0.29) is 0 Å². The largest absolute Gasteiger partial charge is 0.248 e. The van der Waals surface area contributed by atoms with E-state index < -0.39 is 0 Å². The first-order valence-corrected chi connectivity index (χ1v) is 13.1. The molecule has 1 nitrogen and oxygen atoms in total. The third kappa shape index (κ3) is 6.09. The van der Waals surface area contributed by atoms with Crippen molar-refractivity contribution in [1.82, 2.24) is 4.98 Å². The molecule has 0 atom stereocenters. The normalized spacial score (nSPS) is 11.7. The fraction of sp³-hybridized carbons (Fsp3) is 0.452. The number of fused-ring (bicyclic) bond motifs is 4. The molecule has 0 aliphatic heterocycles. The van der Waals surface area contributed by atoms with Gasteiger partial charge in [0.2, 0.25) is 0 Å². The van der Waals surface area contributed by atoms with Crippen LogP contribution in [0.4, 0.5) is 0 Å². The number of benzene rings is 3. The number of hydrogen-bond acceptors (Lipinski definition) is 1. The Bertz CT molecular complexity index is 1130. The van der Waals surface area contributed by atoms with E-state index in [1.165, 1.54) is 111 Å². The zero-order valence-corrected chi connectivity index (χ0v) is 19.9. The maximum Gasteiger partial charge on any atom is 0.0716 e. The molecule has 1 heterocycles. The molecule has 3 aromatic carbocycles. The van der Waals surface area contributed by atoms with E-state index in [0.717, 1.165) is 11.0 Å². The van der Waals surface area contributed by atoms with Crippen LogP contribution in [0.2, 0.25) is 0 Å². The molecule has 0 fully saturated rings. The van der Waals surface area contributed by atoms with Crippen LogP contribution in [-0.2, 0) is 6.42 Å². The third-order valence-electron chi connectivity index (χ3n) is 6.90. The fourth-order valence-electron chi connectivity index (χ4n) is 4.97. The van der Waals surface area contributed by atoms with Crippen LogP contribution in [0.3, 0.4) is 0 Å². The highest BCUT2D eigenvalue weighted by Crippen LogP contribution is 2.28. The van der Waals surface area contributed by atoms with E-state index in [0.29, 0.717) is 0 Å². The lowest BCUT2D eigenvalue weighted by Gasteiger charge is -2.08. The number of aromatic nitrogens is 1. The van der Waals surface area contributed by atoms with Gasteiger partial charge in [0.15, 0.2) is 0 Å². The van der Waals surface area contributed by atoms with Crippen LogP contribution in [0.1, 0.15) is 89.5 Å². The van der Waals surface area contributed by atoms with Crippen molar-refractivity contribution in [2.45, 2.75) is 90.4 Å². The van der Waals surface area contributed by atoms with Gasteiger partial charge in [-0.3, -0.25) is 0 Å². The van der Waals surface area contributed by atoms with Crippen molar-refractivity contribution >= 4 is 32.6 Å². The molecule has 1 heteroatoms. The minimum atomic E-state index is 1.09. The Morgan fingerprint density at radius 1 is 0.531 bits per heavy atom. The smallest absolute Gasteiger partial charge is 0.0716 e. The fourth-order valence-corrected chi connectivity index (χ4v) is 4.97. The highest BCUT2D eigenvalue weighted by atomic mass is 14.7. The Hall–Kier alpha value is -2.41. The molecule has 0 spiro atoms. The van der Waals surface area contributed by atoms with E-state index in [2.05, 4.69) is 67.6 Å². The standard InChI is InChI=1S/C31H39N/c1-2-3-4-5-6-7-8-9-10-11-12-13-16-25-19-21-30-27(23-25)24-29-28-18-15-14-17-26(28)20-22-31(29)32-30/h14-15,17-24H,2-13,16H2,1H3. The molecule has 1 aromatic heterocycles. The van der Waals surface area contributed by atoms with Gasteiger partial charge in [-0.05, 0) is 53.4 Å². The Morgan fingerprint density at radius 2 is 1.19 bits per heavy atom. The SMILES string of the molecule is CCCCCCCCCCCCCCc1ccc2nc3ccc4ccccc4c3cc2c1. The molecular formula is C31H39N. The van der Waals surface area contributed by atoms with Crippen molar-refractivity contribution in [3.05, 3.63) is 66.2 Å². The van der Waals surface area contributed by atoms with Crippen LogP contribution in [0.25, 0.3) is 32.6 Å². The van der Waals surface area contributed by atoms with Crippen molar-refractivity contribution in [2.24, 2.45) is 0 Å². The van der Waals surface area contributed by atoms with Crippen LogP contribution < -0.4 is 0 Å². The van der Waals surface area contributed by atoms with Gasteiger partial charge < -0.3 is 0 Å². The Kier molecular flexibility index (Phi) is 8.54. The van der Waals surface area contributed by atoms with Gasteiger partial charge in [-0.1, -0.05) is 114 Å². The third-order valence-corrected chi connectivity index (χ3v) is 6.90. The molecule has 4 aromatic rings. The highest BCUT2D eigenvalue weighted by molar-refractivity contribution is 6.09. The van der Waals surface area contributed by atoms with Crippen LogP contribution in [-0.4, -0.2) is 4.98 Å². The van der Waals surface area contributed by atoms with Gasteiger partial charge >= 0.3 is 0 Å². The quantitative estimate of drug-likeness (QED) is 0.118. The second-order valence-electron chi connectivity index (χ2n) is 9.51. The first-order chi connectivity index (χ1) is 15.8.